The van der Waals surface area contributed by atoms with Crippen LogP contribution in [-0.2, 0) is 5.41 Å². The third-order valence-corrected chi connectivity index (χ3v) is 9.84. The Kier molecular flexibility index (Phi) is 5.26. The maximum absolute atomic E-state index is 3.84. The lowest BCUT2D eigenvalue weighted by molar-refractivity contribution is 0.420. The van der Waals surface area contributed by atoms with Crippen molar-refractivity contribution in [1.82, 2.24) is 0 Å². The largest absolute Gasteiger partial charge is 0.355 e. The van der Waals surface area contributed by atoms with Gasteiger partial charge < -0.3 is 5.32 Å². The summed E-state index contributed by atoms with van der Waals surface area (Å²) in [5.41, 5.74) is 11.4. The molecular weight excluding hydrogens is 470 g/mol. The van der Waals surface area contributed by atoms with Crippen LogP contribution in [-0.4, -0.2) is 0 Å². The van der Waals surface area contributed by atoms with Crippen molar-refractivity contribution in [3.63, 3.8) is 0 Å². The molecule has 0 amide bonds. The molecule has 3 atom stereocenters. The summed E-state index contributed by atoms with van der Waals surface area (Å²) in [6.45, 7) is 0. The Morgan fingerprint density at radius 1 is 0.564 bits per heavy atom. The summed E-state index contributed by atoms with van der Waals surface area (Å²) >= 11 is 0. The maximum atomic E-state index is 3.84. The number of rotatable bonds is 5. The minimum absolute atomic E-state index is 0.363. The van der Waals surface area contributed by atoms with Crippen LogP contribution in [0, 0.1) is 11.8 Å². The Balaban J connectivity index is 1.25. The molecule has 1 nitrogen and oxygen atoms in total. The van der Waals surface area contributed by atoms with Crippen LogP contribution in [0.15, 0.2) is 127 Å². The molecule has 2 saturated carbocycles. The standard InChI is InChI=1S/C38H33N/c1-3-10-29(11-4-1)38(30-12-5-2-6-13-30)34-15-8-7-14-32(34)37-35(38)16-9-17-36(37)39-31-22-20-27(21-23-31)33-25-26-18-19-28(33)24-26/h1-17,20-23,26,28,33,39H,18-19,24-25H2. The topological polar surface area (TPSA) is 12.0 Å². The molecule has 0 spiro atoms. The molecule has 5 aromatic rings. The second-order valence-electron chi connectivity index (χ2n) is 11.8. The summed E-state index contributed by atoms with van der Waals surface area (Å²) in [5, 5.41) is 3.84. The van der Waals surface area contributed by atoms with Crippen LogP contribution in [0.2, 0.25) is 0 Å². The molecule has 0 heterocycles. The fourth-order valence-corrected chi connectivity index (χ4v) is 8.22. The summed E-state index contributed by atoms with van der Waals surface area (Å²) in [6, 6.07) is 47.2. The number of anilines is 2. The molecule has 3 unspecified atom stereocenters. The summed E-state index contributed by atoms with van der Waals surface area (Å²) < 4.78 is 0. The van der Waals surface area contributed by atoms with E-state index in [1.807, 2.05) is 0 Å². The van der Waals surface area contributed by atoms with Gasteiger partial charge in [0.05, 0.1) is 5.41 Å². The molecule has 3 aliphatic rings. The summed E-state index contributed by atoms with van der Waals surface area (Å²) in [5.74, 6) is 2.65. The number of hydrogen-bond donors (Lipinski definition) is 1. The highest BCUT2D eigenvalue weighted by Crippen LogP contribution is 2.58. The van der Waals surface area contributed by atoms with Gasteiger partial charge in [0.2, 0.25) is 0 Å². The first-order valence-corrected chi connectivity index (χ1v) is 14.5. The highest BCUT2D eigenvalue weighted by molar-refractivity contribution is 5.94. The predicted molar refractivity (Wildman–Crippen MR) is 162 cm³/mol. The van der Waals surface area contributed by atoms with Gasteiger partial charge in [-0.2, -0.15) is 0 Å². The normalized spacial score (nSPS) is 21.9. The van der Waals surface area contributed by atoms with Crippen LogP contribution in [0.3, 0.4) is 0 Å². The Labute approximate surface area is 231 Å². The van der Waals surface area contributed by atoms with Crippen LogP contribution < -0.4 is 5.32 Å². The fourth-order valence-electron chi connectivity index (χ4n) is 8.22. The SMILES string of the molecule is c1ccc(C2(c3ccccc3)c3ccccc3-c3c(Nc4ccc(C5CC6CCC5C6)cc4)cccc32)cc1. The van der Waals surface area contributed by atoms with Crippen LogP contribution in [0.1, 0.15) is 59.4 Å². The van der Waals surface area contributed by atoms with Crippen molar-refractivity contribution in [3.05, 3.63) is 155 Å². The van der Waals surface area contributed by atoms with Gasteiger partial charge in [-0.3, -0.25) is 0 Å². The molecule has 2 fully saturated rings. The van der Waals surface area contributed by atoms with E-state index in [9.17, 15) is 0 Å². The lowest BCUT2D eigenvalue weighted by Gasteiger charge is -2.33. The first kappa shape index (κ1) is 22.8. The van der Waals surface area contributed by atoms with Gasteiger partial charge >= 0.3 is 0 Å². The second-order valence-corrected chi connectivity index (χ2v) is 11.8. The van der Waals surface area contributed by atoms with E-state index >= 15 is 0 Å². The zero-order valence-electron chi connectivity index (χ0n) is 22.2. The fraction of sp³-hybridized carbons (Fsp3) is 0.211. The minimum atomic E-state index is -0.363. The monoisotopic (exact) mass is 503 g/mol. The summed E-state index contributed by atoms with van der Waals surface area (Å²) in [6.07, 6.45) is 5.72. The zero-order chi connectivity index (χ0) is 25.8. The van der Waals surface area contributed by atoms with E-state index in [0.717, 1.165) is 23.4 Å². The molecule has 0 saturated heterocycles. The quantitative estimate of drug-likeness (QED) is 0.247. The van der Waals surface area contributed by atoms with Crippen molar-refractivity contribution in [2.75, 3.05) is 5.32 Å². The smallest absolute Gasteiger partial charge is 0.0714 e. The van der Waals surface area contributed by atoms with Gasteiger partial charge in [0.1, 0.15) is 0 Å². The van der Waals surface area contributed by atoms with Crippen LogP contribution in [0.25, 0.3) is 11.1 Å². The molecule has 5 aromatic carbocycles. The number of nitrogens with one attached hydrogen (secondary N) is 1. The molecule has 0 radical (unpaired) electrons. The van der Waals surface area contributed by atoms with Crippen molar-refractivity contribution >= 4 is 11.4 Å². The molecule has 1 N–H and O–H groups in total. The predicted octanol–water partition coefficient (Wildman–Crippen LogP) is 9.70. The van der Waals surface area contributed by atoms with Crippen molar-refractivity contribution in [1.29, 1.82) is 0 Å². The first-order chi connectivity index (χ1) is 19.3. The Hall–Kier alpha value is -4.10. The minimum Gasteiger partial charge on any atom is -0.355 e. The molecule has 2 bridgehead atoms. The van der Waals surface area contributed by atoms with Gasteiger partial charge in [-0.1, -0.05) is 116 Å². The van der Waals surface area contributed by atoms with E-state index in [4.69, 9.17) is 0 Å². The van der Waals surface area contributed by atoms with Gasteiger partial charge in [0.25, 0.3) is 0 Å². The molecule has 8 rings (SSSR count). The average Bonchev–Trinajstić information content (AvgIpc) is 3.72. The Morgan fingerprint density at radius 3 is 1.90 bits per heavy atom. The van der Waals surface area contributed by atoms with E-state index in [1.165, 1.54) is 70.3 Å². The summed E-state index contributed by atoms with van der Waals surface area (Å²) in [7, 11) is 0. The van der Waals surface area contributed by atoms with Gasteiger partial charge in [0.15, 0.2) is 0 Å². The molecule has 0 aromatic heterocycles. The molecule has 1 heteroatoms. The van der Waals surface area contributed by atoms with E-state index in [2.05, 4.69) is 133 Å². The Morgan fingerprint density at radius 2 is 1.23 bits per heavy atom. The molecule has 0 aliphatic heterocycles. The number of fused-ring (bicyclic) bond motifs is 5. The number of benzene rings is 5. The summed E-state index contributed by atoms with van der Waals surface area (Å²) in [4.78, 5) is 0. The van der Waals surface area contributed by atoms with Gasteiger partial charge in [-0.25, -0.2) is 0 Å². The van der Waals surface area contributed by atoms with E-state index < -0.39 is 0 Å². The van der Waals surface area contributed by atoms with Gasteiger partial charge in [0, 0.05) is 16.9 Å². The third-order valence-electron chi connectivity index (χ3n) is 9.84. The second kappa shape index (κ2) is 8.99. The molecular formula is C38H33N. The van der Waals surface area contributed by atoms with Crippen LogP contribution in [0.5, 0.6) is 0 Å². The average molecular weight is 504 g/mol. The van der Waals surface area contributed by atoms with E-state index in [0.29, 0.717) is 0 Å². The lowest BCUT2D eigenvalue weighted by atomic mass is 9.68. The van der Waals surface area contributed by atoms with Crippen molar-refractivity contribution in [2.45, 2.75) is 37.0 Å². The highest BCUT2D eigenvalue weighted by Gasteiger charge is 2.46. The third kappa shape index (κ3) is 3.46. The molecule has 3 aliphatic carbocycles. The van der Waals surface area contributed by atoms with Gasteiger partial charge in [-0.05, 0) is 88.6 Å². The van der Waals surface area contributed by atoms with Crippen LogP contribution in [0.4, 0.5) is 11.4 Å². The number of hydrogen-bond acceptors (Lipinski definition) is 1. The highest BCUT2D eigenvalue weighted by atomic mass is 14.9. The van der Waals surface area contributed by atoms with Gasteiger partial charge in [-0.15, -0.1) is 0 Å². The molecule has 190 valence electrons. The van der Waals surface area contributed by atoms with Crippen molar-refractivity contribution < 1.29 is 0 Å². The van der Waals surface area contributed by atoms with Crippen LogP contribution >= 0.6 is 0 Å². The van der Waals surface area contributed by atoms with Crippen molar-refractivity contribution in [3.8, 4) is 11.1 Å². The van der Waals surface area contributed by atoms with E-state index in [1.54, 1.807) is 0 Å². The van der Waals surface area contributed by atoms with Crippen molar-refractivity contribution in [2.24, 2.45) is 11.8 Å². The lowest BCUT2D eigenvalue weighted by Crippen LogP contribution is -2.28. The Bertz CT molecular complexity index is 1590. The first-order valence-electron chi connectivity index (χ1n) is 14.5. The maximum Gasteiger partial charge on any atom is 0.0714 e. The zero-order valence-corrected chi connectivity index (χ0v) is 22.2. The van der Waals surface area contributed by atoms with E-state index in [-0.39, 0.29) is 5.41 Å². The molecule has 39 heavy (non-hydrogen) atoms.